The Labute approximate surface area is 313 Å². The largest absolute Gasteiger partial charge is 0.386 e. The van der Waals surface area contributed by atoms with Crippen LogP contribution < -0.4 is 10.5 Å². The van der Waals surface area contributed by atoms with Crippen molar-refractivity contribution in [2.75, 3.05) is 31.6 Å². The number of likely N-dealkylation sites (tertiary alicyclic amines) is 1. The fourth-order valence-electron chi connectivity index (χ4n) is 6.95. The van der Waals surface area contributed by atoms with Crippen LogP contribution in [0.2, 0.25) is 0 Å². The van der Waals surface area contributed by atoms with Crippen molar-refractivity contribution in [2.24, 2.45) is 5.14 Å². The Morgan fingerprint density at radius 3 is 2.02 bits per heavy atom. The Bertz CT molecular complexity index is 1900. The lowest BCUT2D eigenvalue weighted by atomic mass is 9.95. The number of aryl methyl sites for hydroxylation is 1. The van der Waals surface area contributed by atoms with E-state index in [0.29, 0.717) is 22.2 Å². The molecule has 4 N–H and O–H groups in total. The van der Waals surface area contributed by atoms with Crippen molar-refractivity contribution in [2.45, 2.75) is 115 Å². The normalized spacial score (nSPS) is 15.7. The summed E-state index contributed by atoms with van der Waals surface area (Å²) in [5, 5.41) is 17.9. The highest BCUT2D eigenvalue weighted by molar-refractivity contribution is 7.92. The zero-order valence-corrected chi connectivity index (χ0v) is 33.5. The maximum Gasteiger partial charge on any atom is 0.254 e. The van der Waals surface area contributed by atoms with Crippen LogP contribution in [0, 0.1) is 6.92 Å². The first-order chi connectivity index (χ1) is 24.5. The summed E-state index contributed by atoms with van der Waals surface area (Å²) >= 11 is 1.14. The van der Waals surface area contributed by atoms with E-state index in [-0.39, 0.29) is 37.0 Å². The molecule has 1 saturated heterocycles. The number of amides is 2. The molecule has 0 aliphatic carbocycles. The second-order valence-corrected chi connectivity index (χ2v) is 19.8. The van der Waals surface area contributed by atoms with Crippen molar-refractivity contribution in [1.82, 2.24) is 15.2 Å². The second kappa shape index (κ2) is 17.9. The molecule has 1 atom stereocenters. The SMILES string of the molecule is CCCCCCCCCCCCCCC(C(=O)NCCS(N)(=O)=O)(c1nc2cc(C)c(-c3ccc(C(=O)N4CC(C)(O)C4)cc3)cc2s1)S(C)(=O)=O. The van der Waals surface area contributed by atoms with E-state index in [4.69, 9.17) is 10.1 Å². The van der Waals surface area contributed by atoms with E-state index in [9.17, 15) is 31.5 Å². The van der Waals surface area contributed by atoms with E-state index in [0.717, 1.165) is 60.0 Å². The molecule has 1 unspecified atom stereocenters. The minimum Gasteiger partial charge on any atom is -0.386 e. The molecule has 0 spiro atoms. The number of nitrogens with two attached hydrogens (primary N) is 1. The topological polar surface area (TPSA) is 177 Å². The fraction of sp³-hybridized carbons (Fsp3) is 0.605. The van der Waals surface area contributed by atoms with Gasteiger partial charge in [-0.2, -0.15) is 0 Å². The molecule has 3 aromatic rings. The number of β-amino-alcohol motifs (C(OH)–C–C–N with tert-alkyl or cyclic N) is 1. The second-order valence-electron chi connectivity index (χ2n) is 14.8. The summed E-state index contributed by atoms with van der Waals surface area (Å²) in [4.78, 5) is 33.1. The van der Waals surface area contributed by atoms with E-state index < -0.39 is 41.9 Å². The molecule has 1 aromatic heterocycles. The minimum atomic E-state index is -4.10. The Balaban J connectivity index is 1.54. The number of rotatable bonds is 21. The van der Waals surface area contributed by atoms with Crippen LogP contribution in [-0.4, -0.2) is 80.9 Å². The maximum absolute atomic E-state index is 14.0. The molecule has 1 aliphatic heterocycles. The monoisotopic (exact) mass is 776 g/mol. The summed E-state index contributed by atoms with van der Waals surface area (Å²) in [6.07, 6.45) is 14.2. The quantitative estimate of drug-likeness (QED) is 0.107. The van der Waals surface area contributed by atoms with Crippen molar-refractivity contribution in [3.8, 4) is 11.1 Å². The molecule has 4 rings (SSSR count). The highest BCUT2D eigenvalue weighted by atomic mass is 32.2. The third-order valence-electron chi connectivity index (χ3n) is 9.93. The molecule has 2 aromatic carbocycles. The number of primary sulfonamides is 1. The Morgan fingerprint density at radius 2 is 1.50 bits per heavy atom. The highest BCUT2D eigenvalue weighted by Gasteiger charge is 2.52. The number of aromatic nitrogens is 1. The van der Waals surface area contributed by atoms with Gasteiger partial charge in [-0.25, -0.2) is 27.0 Å². The molecule has 14 heteroatoms. The number of sulfonamides is 1. The first kappa shape index (κ1) is 41.8. The lowest BCUT2D eigenvalue weighted by Gasteiger charge is -2.44. The van der Waals surface area contributed by atoms with Gasteiger partial charge >= 0.3 is 0 Å². The summed E-state index contributed by atoms with van der Waals surface area (Å²) in [5.41, 5.74) is 2.82. The Kier molecular flexibility index (Phi) is 14.4. The smallest absolute Gasteiger partial charge is 0.254 e. The van der Waals surface area contributed by atoms with Crippen LogP contribution in [0.25, 0.3) is 21.3 Å². The van der Waals surface area contributed by atoms with Gasteiger partial charge < -0.3 is 15.3 Å². The lowest BCUT2D eigenvalue weighted by molar-refractivity contribution is -0.124. The summed E-state index contributed by atoms with van der Waals surface area (Å²) in [7, 11) is -7.99. The van der Waals surface area contributed by atoms with Crippen LogP contribution in [0.15, 0.2) is 36.4 Å². The molecule has 2 amide bonds. The van der Waals surface area contributed by atoms with Crippen molar-refractivity contribution in [3.63, 3.8) is 0 Å². The standard InChI is InChI=1S/C38H56N4O7S3/c1-5-6-7-8-9-10-11-12-13-14-15-16-21-38(51(4,46)47,35(44)40-22-23-52(39,48)49)36-41-32-24-28(2)31(25-33(32)50-36)29-17-19-30(20-18-29)34(43)42-26-37(3,45)27-42/h17-20,24-25,45H,5-16,21-23,26-27H2,1-4H3,(H,40,44)(H2,39,48,49). The van der Waals surface area contributed by atoms with Gasteiger partial charge in [0.1, 0.15) is 5.01 Å². The number of hydrogen-bond donors (Lipinski definition) is 3. The van der Waals surface area contributed by atoms with Gasteiger partial charge in [-0.1, -0.05) is 96.1 Å². The predicted octanol–water partition coefficient (Wildman–Crippen LogP) is 6.21. The average molecular weight is 777 g/mol. The van der Waals surface area contributed by atoms with Gasteiger partial charge in [0.05, 0.1) is 34.7 Å². The number of unbranched alkanes of at least 4 members (excludes halogenated alkanes) is 11. The van der Waals surface area contributed by atoms with Gasteiger partial charge in [-0.15, -0.1) is 11.3 Å². The molecular formula is C38H56N4O7S3. The average Bonchev–Trinajstić information content (AvgIpc) is 3.46. The number of nitrogens with one attached hydrogen (secondary N) is 1. The van der Waals surface area contributed by atoms with Gasteiger partial charge in [-0.05, 0) is 61.2 Å². The Morgan fingerprint density at radius 1 is 0.942 bits per heavy atom. The molecule has 288 valence electrons. The van der Waals surface area contributed by atoms with Gasteiger partial charge in [0.25, 0.3) is 5.91 Å². The van der Waals surface area contributed by atoms with Crippen LogP contribution in [0.1, 0.15) is 118 Å². The molecular weight excluding hydrogens is 721 g/mol. The molecule has 0 radical (unpaired) electrons. The molecule has 2 heterocycles. The highest BCUT2D eigenvalue weighted by Crippen LogP contribution is 2.42. The molecule has 1 fully saturated rings. The molecule has 0 bridgehead atoms. The first-order valence-corrected chi connectivity index (χ1v) is 22.9. The van der Waals surface area contributed by atoms with Gasteiger partial charge in [0.15, 0.2) is 9.84 Å². The van der Waals surface area contributed by atoms with Crippen LogP contribution >= 0.6 is 11.3 Å². The van der Waals surface area contributed by atoms with Gasteiger partial charge in [0.2, 0.25) is 20.7 Å². The van der Waals surface area contributed by atoms with Crippen molar-refractivity contribution in [3.05, 3.63) is 52.5 Å². The number of hydrogen-bond acceptors (Lipinski definition) is 9. The number of nitrogens with zero attached hydrogens (tertiary/aromatic N) is 2. The number of benzene rings is 2. The van der Waals surface area contributed by atoms with E-state index in [1.54, 1.807) is 24.0 Å². The number of carbonyl (C=O) groups excluding carboxylic acids is 2. The van der Waals surface area contributed by atoms with Crippen LogP contribution in [0.5, 0.6) is 0 Å². The summed E-state index contributed by atoms with van der Waals surface area (Å²) in [6.45, 7) is 6.09. The molecule has 1 aliphatic rings. The zero-order chi connectivity index (χ0) is 38.2. The van der Waals surface area contributed by atoms with E-state index in [2.05, 4.69) is 12.2 Å². The van der Waals surface area contributed by atoms with E-state index >= 15 is 0 Å². The summed E-state index contributed by atoms with van der Waals surface area (Å²) in [5.74, 6) is -1.48. The van der Waals surface area contributed by atoms with E-state index in [1.807, 2.05) is 31.2 Å². The van der Waals surface area contributed by atoms with Crippen LogP contribution in [0.3, 0.4) is 0 Å². The number of sulfone groups is 1. The number of aliphatic hydroxyl groups is 1. The van der Waals surface area contributed by atoms with Crippen molar-refractivity contribution in [1.29, 1.82) is 0 Å². The lowest BCUT2D eigenvalue weighted by Crippen LogP contribution is -2.61. The van der Waals surface area contributed by atoms with E-state index in [1.165, 1.54) is 44.9 Å². The van der Waals surface area contributed by atoms with Crippen LogP contribution in [0.4, 0.5) is 0 Å². The third-order valence-corrected chi connectivity index (χ3v) is 13.9. The number of fused-ring (bicyclic) bond motifs is 1. The summed E-state index contributed by atoms with van der Waals surface area (Å²) < 4.78 is 49.4. The number of carbonyl (C=O) groups is 2. The van der Waals surface area contributed by atoms with Crippen molar-refractivity contribution >= 4 is 53.2 Å². The third kappa shape index (κ3) is 10.8. The number of thiazole rings is 1. The zero-order valence-electron chi connectivity index (χ0n) is 31.1. The molecule has 11 nitrogen and oxygen atoms in total. The van der Waals surface area contributed by atoms with Crippen molar-refractivity contribution < 1.29 is 31.5 Å². The minimum absolute atomic E-state index is 0.0120. The molecule has 52 heavy (non-hydrogen) atoms. The van der Waals surface area contributed by atoms with Gasteiger partial charge in [0, 0.05) is 18.4 Å². The molecule has 0 saturated carbocycles. The Hall–Kier alpha value is -2.91. The first-order valence-electron chi connectivity index (χ1n) is 18.5. The summed E-state index contributed by atoms with van der Waals surface area (Å²) in [6, 6.07) is 11.0. The van der Waals surface area contributed by atoms with Crippen LogP contribution in [-0.2, 0) is 29.4 Å². The fourth-order valence-corrected chi connectivity index (χ4v) is 10.3. The van der Waals surface area contributed by atoms with Gasteiger partial charge in [-0.3, -0.25) is 9.59 Å². The predicted molar refractivity (Wildman–Crippen MR) is 210 cm³/mol. The maximum atomic E-state index is 14.0.